The molecule has 2 rings (SSSR count). The van der Waals surface area contributed by atoms with E-state index in [2.05, 4.69) is 10.6 Å². The molecular formula is C10H12N2O4S. The summed E-state index contributed by atoms with van der Waals surface area (Å²) >= 11 is 0. The van der Waals surface area contributed by atoms with E-state index in [0.717, 1.165) is 5.56 Å². The topological polar surface area (TPSA) is 95.5 Å². The first-order chi connectivity index (χ1) is 7.91. The van der Waals surface area contributed by atoms with Gasteiger partial charge in [0, 0.05) is 0 Å². The normalized spacial score (nSPS) is 24.2. The van der Waals surface area contributed by atoms with E-state index in [0.29, 0.717) is 0 Å². The van der Waals surface area contributed by atoms with Crippen molar-refractivity contribution < 1.29 is 18.3 Å². The predicted octanol–water partition coefficient (Wildman–Crippen LogP) is -0.274. The zero-order valence-corrected chi connectivity index (χ0v) is 9.86. The molecule has 1 heterocycles. The number of carbonyl (C=O) groups is 1. The molecular weight excluding hydrogens is 244 g/mol. The highest BCUT2D eigenvalue weighted by atomic mass is 32.2. The Morgan fingerprint density at radius 1 is 1.18 bits per heavy atom. The second kappa shape index (κ2) is 4.01. The van der Waals surface area contributed by atoms with Gasteiger partial charge in [-0.05, 0) is 19.1 Å². The van der Waals surface area contributed by atoms with Crippen LogP contribution in [0.25, 0.3) is 0 Å². The number of aryl methyl sites for hydroxylation is 1. The fourth-order valence-corrected chi connectivity index (χ4v) is 3.06. The SMILES string of the molecule is Cc1ccc(S(=O)(=O)C2NC(=O)NC2O)cc1. The summed E-state index contributed by atoms with van der Waals surface area (Å²) in [5, 5.41) is 12.3. The first-order valence-corrected chi connectivity index (χ1v) is 6.51. The van der Waals surface area contributed by atoms with Crippen molar-refractivity contribution in [2.75, 3.05) is 0 Å². The van der Waals surface area contributed by atoms with Crippen molar-refractivity contribution >= 4 is 15.9 Å². The minimum atomic E-state index is -3.78. The number of urea groups is 1. The Morgan fingerprint density at radius 3 is 2.24 bits per heavy atom. The summed E-state index contributed by atoms with van der Waals surface area (Å²) in [7, 11) is -3.78. The molecule has 0 spiro atoms. The van der Waals surface area contributed by atoms with Crippen LogP contribution < -0.4 is 10.6 Å². The van der Waals surface area contributed by atoms with Crippen LogP contribution in [0.3, 0.4) is 0 Å². The number of sulfone groups is 1. The predicted molar refractivity (Wildman–Crippen MR) is 59.8 cm³/mol. The highest BCUT2D eigenvalue weighted by Crippen LogP contribution is 2.18. The number of carbonyl (C=O) groups excluding carboxylic acids is 1. The first kappa shape index (κ1) is 11.9. The number of aliphatic hydroxyl groups excluding tert-OH is 1. The van der Waals surface area contributed by atoms with Gasteiger partial charge in [0.1, 0.15) is 0 Å². The van der Waals surface area contributed by atoms with Gasteiger partial charge in [0.05, 0.1) is 4.90 Å². The molecule has 1 aromatic rings. The molecule has 2 unspecified atom stereocenters. The van der Waals surface area contributed by atoms with Gasteiger partial charge in [-0.3, -0.25) is 0 Å². The van der Waals surface area contributed by atoms with Crippen LogP contribution in [-0.2, 0) is 9.84 Å². The quantitative estimate of drug-likeness (QED) is 0.678. The molecule has 7 heteroatoms. The molecule has 2 atom stereocenters. The standard InChI is InChI=1S/C10H12N2O4S/c1-6-2-4-7(5-3-6)17(15,16)9-8(13)11-10(14)12-9/h2-5,8-9,13H,1H3,(H2,11,12,14). The number of hydrogen-bond acceptors (Lipinski definition) is 4. The minimum absolute atomic E-state index is 0.0659. The fourth-order valence-electron chi connectivity index (χ4n) is 1.58. The Morgan fingerprint density at radius 2 is 1.76 bits per heavy atom. The van der Waals surface area contributed by atoms with Gasteiger partial charge in [-0.2, -0.15) is 0 Å². The minimum Gasteiger partial charge on any atom is -0.370 e. The van der Waals surface area contributed by atoms with Crippen molar-refractivity contribution in [2.45, 2.75) is 23.4 Å². The third-order valence-corrected chi connectivity index (χ3v) is 4.50. The van der Waals surface area contributed by atoms with E-state index in [-0.39, 0.29) is 4.90 Å². The Kier molecular flexibility index (Phi) is 2.80. The van der Waals surface area contributed by atoms with Crippen molar-refractivity contribution in [1.29, 1.82) is 0 Å². The average molecular weight is 256 g/mol. The lowest BCUT2D eigenvalue weighted by atomic mass is 10.2. The number of hydrogen-bond donors (Lipinski definition) is 3. The lowest BCUT2D eigenvalue weighted by Gasteiger charge is -2.14. The molecule has 0 aliphatic carbocycles. The number of amides is 2. The fraction of sp³-hybridized carbons (Fsp3) is 0.300. The van der Waals surface area contributed by atoms with Crippen molar-refractivity contribution in [3.8, 4) is 0 Å². The summed E-state index contributed by atoms with van der Waals surface area (Å²) in [4.78, 5) is 11.0. The van der Waals surface area contributed by atoms with Crippen LogP contribution in [0.4, 0.5) is 4.79 Å². The van der Waals surface area contributed by atoms with Crippen LogP contribution in [0.2, 0.25) is 0 Å². The molecule has 0 radical (unpaired) electrons. The maximum Gasteiger partial charge on any atom is 0.318 e. The van der Waals surface area contributed by atoms with E-state index in [1.54, 1.807) is 12.1 Å². The van der Waals surface area contributed by atoms with E-state index in [1.165, 1.54) is 12.1 Å². The summed E-state index contributed by atoms with van der Waals surface area (Å²) in [6, 6.07) is 5.51. The molecule has 1 aromatic carbocycles. The zero-order valence-electron chi connectivity index (χ0n) is 9.04. The van der Waals surface area contributed by atoms with Crippen LogP contribution in [0.5, 0.6) is 0 Å². The third-order valence-electron chi connectivity index (χ3n) is 2.52. The van der Waals surface area contributed by atoms with Gasteiger partial charge in [-0.15, -0.1) is 0 Å². The van der Waals surface area contributed by atoms with E-state index in [1.807, 2.05) is 6.92 Å². The van der Waals surface area contributed by atoms with Crippen molar-refractivity contribution in [3.05, 3.63) is 29.8 Å². The maximum atomic E-state index is 12.1. The molecule has 2 amide bonds. The Labute approximate surface area is 98.6 Å². The van der Waals surface area contributed by atoms with Gasteiger partial charge in [0.15, 0.2) is 11.6 Å². The number of benzene rings is 1. The number of aliphatic hydroxyl groups is 1. The molecule has 92 valence electrons. The van der Waals surface area contributed by atoms with Crippen molar-refractivity contribution in [3.63, 3.8) is 0 Å². The summed E-state index contributed by atoms with van der Waals surface area (Å²) in [6.45, 7) is 1.84. The van der Waals surface area contributed by atoms with Gasteiger partial charge < -0.3 is 15.7 Å². The van der Waals surface area contributed by atoms with E-state index in [9.17, 15) is 18.3 Å². The molecule has 1 saturated heterocycles. The monoisotopic (exact) mass is 256 g/mol. The summed E-state index contributed by atoms with van der Waals surface area (Å²) in [6.07, 6.45) is -1.44. The molecule has 1 fully saturated rings. The molecule has 0 aromatic heterocycles. The van der Waals surface area contributed by atoms with E-state index < -0.39 is 27.5 Å². The lowest BCUT2D eigenvalue weighted by molar-refractivity contribution is 0.161. The first-order valence-electron chi connectivity index (χ1n) is 4.97. The molecule has 6 nitrogen and oxygen atoms in total. The number of rotatable bonds is 2. The zero-order chi connectivity index (χ0) is 12.6. The molecule has 0 saturated carbocycles. The Bertz CT molecular complexity index is 538. The van der Waals surface area contributed by atoms with Crippen molar-refractivity contribution in [2.24, 2.45) is 0 Å². The largest absolute Gasteiger partial charge is 0.370 e. The summed E-state index contributed by atoms with van der Waals surface area (Å²) < 4.78 is 24.2. The maximum absolute atomic E-state index is 12.1. The lowest BCUT2D eigenvalue weighted by Crippen LogP contribution is -2.40. The summed E-state index contributed by atoms with van der Waals surface area (Å²) in [5.41, 5.74) is 0.929. The van der Waals surface area contributed by atoms with Crippen LogP contribution in [-0.4, -0.2) is 31.2 Å². The second-order valence-corrected chi connectivity index (χ2v) is 5.91. The van der Waals surface area contributed by atoms with Crippen LogP contribution in [0.1, 0.15) is 5.56 Å². The van der Waals surface area contributed by atoms with Gasteiger partial charge in [-0.1, -0.05) is 17.7 Å². The van der Waals surface area contributed by atoms with Crippen LogP contribution in [0, 0.1) is 6.92 Å². The third kappa shape index (κ3) is 2.11. The molecule has 1 aliphatic heterocycles. The van der Waals surface area contributed by atoms with Gasteiger partial charge in [0.2, 0.25) is 9.84 Å². The van der Waals surface area contributed by atoms with E-state index in [4.69, 9.17) is 0 Å². The van der Waals surface area contributed by atoms with Gasteiger partial charge in [0.25, 0.3) is 0 Å². The average Bonchev–Trinajstić information content (AvgIpc) is 2.59. The van der Waals surface area contributed by atoms with Crippen molar-refractivity contribution in [1.82, 2.24) is 10.6 Å². The molecule has 1 aliphatic rings. The molecule has 3 N–H and O–H groups in total. The summed E-state index contributed by atoms with van der Waals surface area (Å²) in [5.74, 6) is 0. The molecule has 17 heavy (non-hydrogen) atoms. The highest BCUT2D eigenvalue weighted by Gasteiger charge is 2.40. The van der Waals surface area contributed by atoms with Gasteiger partial charge >= 0.3 is 6.03 Å². The Hall–Kier alpha value is -1.60. The highest BCUT2D eigenvalue weighted by molar-refractivity contribution is 7.92. The smallest absolute Gasteiger partial charge is 0.318 e. The van der Waals surface area contributed by atoms with Gasteiger partial charge in [-0.25, -0.2) is 13.2 Å². The van der Waals surface area contributed by atoms with Crippen LogP contribution >= 0.6 is 0 Å². The second-order valence-electron chi connectivity index (χ2n) is 3.84. The Balaban J connectivity index is 2.37. The van der Waals surface area contributed by atoms with E-state index >= 15 is 0 Å². The number of nitrogens with one attached hydrogen (secondary N) is 2. The van der Waals surface area contributed by atoms with Crippen LogP contribution in [0.15, 0.2) is 29.2 Å². The molecule has 0 bridgehead atoms.